The van der Waals surface area contributed by atoms with Crippen LogP contribution in [-0.4, -0.2) is 24.9 Å². The summed E-state index contributed by atoms with van der Waals surface area (Å²) in [5.74, 6) is 0.624. The Morgan fingerprint density at radius 3 is 3.10 bits per heavy atom. The number of nitrogens with zero attached hydrogens (tertiary/aromatic N) is 3. The van der Waals surface area contributed by atoms with Crippen LogP contribution in [0.15, 0.2) is 35.6 Å². The minimum atomic E-state index is -0.0612. The summed E-state index contributed by atoms with van der Waals surface area (Å²) in [6.45, 7) is 0. The number of aromatic amines is 2. The van der Waals surface area contributed by atoms with E-state index in [-0.39, 0.29) is 4.87 Å². The van der Waals surface area contributed by atoms with E-state index in [2.05, 4.69) is 30.2 Å². The number of hydrogen-bond acceptors (Lipinski definition) is 6. The molecule has 0 unspecified atom stereocenters. The number of hydrogen-bond donors (Lipinski definition) is 3. The van der Waals surface area contributed by atoms with Gasteiger partial charge in [-0.25, -0.2) is 15.0 Å². The molecule has 4 rings (SSSR count). The van der Waals surface area contributed by atoms with Gasteiger partial charge in [0.05, 0.1) is 16.5 Å². The highest BCUT2D eigenvalue weighted by atomic mass is 32.1. The maximum Gasteiger partial charge on any atom is 0.305 e. The first-order chi connectivity index (χ1) is 9.79. The monoisotopic (exact) mass is 284 g/mol. The molecule has 8 heteroatoms. The molecule has 0 fully saturated rings. The predicted octanol–water partition coefficient (Wildman–Crippen LogP) is 2.00. The molecule has 4 aromatic rings. The van der Waals surface area contributed by atoms with Crippen molar-refractivity contribution in [2.24, 2.45) is 0 Å². The molecule has 1 aromatic carbocycles. The molecule has 0 radical (unpaired) electrons. The highest BCUT2D eigenvalue weighted by molar-refractivity contribution is 7.16. The molecule has 3 N–H and O–H groups in total. The molecular weight excluding hydrogens is 276 g/mol. The number of fused-ring (bicyclic) bond motifs is 2. The van der Waals surface area contributed by atoms with E-state index in [1.54, 1.807) is 6.33 Å². The van der Waals surface area contributed by atoms with Gasteiger partial charge in [-0.3, -0.25) is 4.79 Å². The van der Waals surface area contributed by atoms with Crippen molar-refractivity contribution >= 4 is 44.2 Å². The lowest BCUT2D eigenvalue weighted by molar-refractivity contribution is 1.20. The number of benzene rings is 1. The molecule has 0 aliphatic heterocycles. The molecule has 98 valence electrons. The smallest absolute Gasteiger partial charge is 0.305 e. The molecule has 20 heavy (non-hydrogen) atoms. The van der Waals surface area contributed by atoms with Gasteiger partial charge in [-0.05, 0) is 18.2 Å². The van der Waals surface area contributed by atoms with Crippen molar-refractivity contribution in [2.45, 2.75) is 0 Å². The van der Waals surface area contributed by atoms with Gasteiger partial charge < -0.3 is 15.3 Å². The summed E-state index contributed by atoms with van der Waals surface area (Å²) in [5, 5.41) is 3.19. The van der Waals surface area contributed by atoms with Gasteiger partial charge >= 0.3 is 4.87 Å². The largest absolute Gasteiger partial charge is 0.338 e. The van der Waals surface area contributed by atoms with Gasteiger partial charge in [0.25, 0.3) is 0 Å². The van der Waals surface area contributed by atoms with E-state index in [0.29, 0.717) is 17.0 Å². The predicted molar refractivity (Wildman–Crippen MR) is 77.4 cm³/mol. The first kappa shape index (κ1) is 11.1. The van der Waals surface area contributed by atoms with Crippen LogP contribution in [0.5, 0.6) is 0 Å². The Hall–Kier alpha value is -2.74. The summed E-state index contributed by atoms with van der Waals surface area (Å²) in [5.41, 5.74) is 3.03. The average molecular weight is 284 g/mol. The van der Waals surface area contributed by atoms with Crippen molar-refractivity contribution in [3.63, 3.8) is 0 Å². The van der Waals surface area contributed by atoms with Crippen molar-refractivity contribution in [1.29, 1.82) is 0 Å². The fourth-order valence-corrected chi connectivity index (χ4v) is 2.79. The maximum absolute atomic E-state index is 11.3. The zero-order chi connectivity index (χ0) is 13.5. The van der Waals surface area contributed by atoms with Crippen LogP contribution in [0.25, 0.3) is 21.4 Å². The van der Waals surface area contributed by atoms with Crippen LogP contribution in [-0.2, 0) is 0 Å². The third kappa shape index (κ3) is 1.74. The first-order valence-corrected chi connectivity index (χ1v) is 6.65. The summed E-state index contributed by atoms with van der Waals surface area (Å²) < 4.78 is 0.896. The molecule has 0 aliphatic rings. The summed E-state index contributed by atoms with van der Waals surface area (Å²) >= 11 is 1.18. The van der Waals surface area contributed by atoms with Crippen LogP contribution in [0.2, 0.25) is 0 Å². The van der Waals surface area contributed by atoms with Crippen molar-refractivity contribution in [3.8, 4) is 0 Å². The second-order valence-electron chi connectivity index (χ2n) is 4.17. The average Bonchev–Trinajstić information content (AvgIpc) is 3.03. The fraction of sp³-hybridized carbons (Fsp3) is 0. The maximum atomic E-state index is 11.3. The van der Waals surface area contributed by atoms with Gasteiger partial charge in [0.2, 0.25) is 0 Å². The molecule has 0 bridgehead atoms. The Balaban J connectivity index is 1.80. The third-order valence-corrected chi connectivity index (χ3v) is 3.75. The molecule has 3 heterocycles. The standard InChI is InChI=1S/C12H8N6OS/c19-12-18-7-2-1-6(3-8(7)20-12)17-11-9-10(14-4-13-9)15-5-16-11/h1-5H,(H,18,19)(H2,13,14,15,16,17). The number of H-pyrrole nitrogens is 2. The Morgan fingerprint density at radius 1 is 1.20 bits per heavy atom. The van der Waals surface area contributed by atoms with E-state index in [1.807, 2.05) is 18.2 Å². The Kier molecular flexibility index (Phi) is 2.30. The van der Waals surface area contributed by atoms with E-state index in [9.17, 15) is 4.79 Å². The van der Waals surface area contributed by atoms with E-state index >= 15 is 0 Å². The molecule has 0 spiro atoms. The zero-order valence-corrected chi connectivity index (χ0v) is 10.9. The number of rotatable bonds is 2. The van der Waals surface area contributed by atoms with Crippen LogP contribution in [0.4, 0.5) is 11.5 Å². The lowest BCUT2D eigenvalue weighted by Crippen LogP contribution is -1.95. The van der Waals surface area contributed by atoms with Gasteiger partial charge in [-0.1, -0.05) is 11.3 Å². The van der Waals surface area contributed by atoms with Gasteiger partial charge in [-0.2, -0.15) is 0 Å². The minimum absolute atomic E-state index is 0.0612. The van der Waals surface area contributed by atoms with Gasteiger partial charge in [0, 0.05) is 5.69 Å². The van der Waals surface area contributed by atoms with Crippen LogP contribution >= 0.6 is 11.3 Å². The summed E-state index contributed by atoms with van der Waals surface area (Å²) in [6.07, 6.45) is 3.04. The molecule has 0 saturated carbocycles. The van der Waals surface area contributed by atoms with Crippen LogP contribution in [0, 0.1) is 0 Å². The summed E-state index contributed by atoms with van der Waals surface area (Å²) in [7, 11) is 0. The lowest BCUT2D eigenvalue weighted by atomic mass is 10.3. The Labute approximate surface area is 115 Å². The normalized spacial score (nSPS) is 11.2. The number of anilines is 2. The van der Waals surface area contributed by atoms with E-state index < -0.39 is 0 Å². The fourth-order valence-electron chi connectivity index (χ4n) is 2.02. The first-order valence-electron chi connectivity index (χ1n) is 5.83. The highest BCUT2D eigenvalue weighted by Gasteiger charge is 2.07. The molecule has 0 amide bonds. The van der Waals surface area contributed by atoms with E-state index in [4.69, 9.17) is 0 Å². The Morgan fingerprint density at radius 2 is 2.15 bits per heavy atom. The number of thiazole rings is 1. The third-order valence-electron chi connectivity index (χ3n) is 2.90. The van der Waals surface area contributed by atoms with Crippen molar-refractivity contribution in [2.75, 3.05) is 5.32 Å². The van der Waals surface area contributed by atoms with Crippen LogP contribution < -0.4 is 10.2 Å². The molecule has 0 atom stereocenters. The topological polar surface area (TPSA) is 99.4 Å². The van der Waals surface area contributed by atoms with Crippen molar-refractivity contribution in [1.82, 2.24) is 24.9 Å². The quantitative estimate of drug-likeness (QED) is 0.523. The van der Waals surface area contributed by atoms with Gasteiger partial charge in [-0.15, -0.1) is 0 Å². The minimum Gasteiger partial charge on any atom is -0.338 e. The molecule has 0 saturated heterocycles. The summed E-state index contributed by atoms with van der Waals surface area (Å²) in [4.78, 5) is 29.4. The van der Waals surface area contributed by atoms with Crippen LogP contribution in [0.3, 0.4) is 0 Å². The molecule has 7 nitrogen and oxygen atoms in total. The van der Waals surface area contributed by atoms with Crippen molar-refractivity contribution < 1.29 is 0 Å². The SMILES string of the molecule is O=c1[nH]c2ccc(Nc3ncnc4[nH]cnc34)cc2s1. The van der Waals surface area contributed by atoms with Gasteiger partial charge in [0.15, 0.2) is 17.0 Å². The second kappa shape index (κ2) is 4.14. The number of nitrogens with one attached hydrogen (secondary N) is 3. The number of aromatic nitrogens is 5. The molecule has 3 aromatic heterocycles. The Bertz CT molecular complexity index is 969. The molecular formula is C12H8N6OS. The summed E-state index contributed by atoms with van der Waals surface area (Å²) in [6, 6.07) is 5.64. The second-order valence-corrected chi connectivity index (χ2v) is 5.19. The molecule has 0 aliphatic carbocycles. The van der Waals surface area contributed by atoms with Gasteiger partial charge in [0.1, 0.15) is 6.33 Å². The van der Waals surface area contributed by atoms with E-state index in [0.717, 1.165) is 15.9 Å². The van der Waals surface area contributed by atoms with Crippen LogP contribution in [0.1, 0.15) is 0 Å². The zero-order valence-electron chi connectivity index (χ0n) is 10.0. The van der Waals surface area contributed by atoms with E-state index in [1.165, 1.54) is 17.7 Å². The van der Waals surface area contributed by atoms with Crippen molar-refractivity contribution in [3.05, 3.63) is 40.5 Å². The number of imidazole rings is 1. The highest BCUT2D eigenvalue weighted by Crippen LogP contribution is 2.24. The lowest BCUT2D eigenvalue weighted by Gasteiger charge is -2.05.